The average Bonchev–Trinajstić information content (AvgIpc) is 3.16. The lowest BCUT2D eigenvalue weighted by molar-refractivity contribution is 0.274. The number of benzene rings is 1. The van der Waals surface area contributed by atoms with E-state index in [0.29, 0.717) is 5.41 Å². The summed E-state index contributed by atoms with van der Waals surface area (Å²) in [4.78, 5) is 2.54. The minimum atomic E-state index is 0. The zero-order valence-electron chi connectivity index (χ0n) is 11.8. The highest BCUT2D eigenvalue weighted by Crippen LogP contribution is 2.40. The average molecular weight is 281 g/mol. The smallest absolute Gasteiger partial charge is 0.0233 e. The number of nitrogens with two attached hydrogens (primary N) is 1. The van der Waals surface area contributed by atoms with Crippen molar-refractivity contribution in [2.75, 3.05) is 19.6 Å². The van der Waals surface area contributed by atoms with E-state index in [-0.39, 0.29) is 12.4 Å². The van der Waals surface area contributed by atoms with Crippen LogP contribution in [0.3, 0.4) is 0 Å². The second kappa shape index (κ2) is 5.82. The van der Waals surface area contributed by atoms with E-state index in [4.69, 9.17) is 5.73 Å². The Morgan fingerprint density at radius 1 is 1.26 bits per heavy atom. The van der Waals surface area contributed by atoms with Crippen LogP contribution >= 0.6 is 12.4 Å². The van der Waals surface area contributed by atoms with Crippen LogP contribution in [0.4, 0.5) is 0 Å². The maximum absolute atomic E-state index is 5.86. The minimum Gasteiger partial charge on any atom is -0.330 e. The summed E-state index contributed by atoms with van der Waals surface area (Å²) in [6, 6.07) is 9.27. The molecule has 1 aliphatic carbocycles. The maximum Gasteiger partial charge on any atom is 0.0233 e. The molecule has 0 aromatic heterocycles. The van der Waals surface area contributed by atoms with Gasteiger partial charge in [0.05, 0.1) is 0 Å². The second-order valence-electron chi connectivity index (χ2n) is 6.49. The quantitative estimate of drug-likeness (QED) is 0.918. The van der Waals surface area contributed by atoms with Gasteiger partial charge in [0.15, 0.2) is 0 Å². The van der Waals surface area contributed by atoms with Gasteiger partial charge in [-0.25, -0.2) is 0 Å². The van der Waals surface area contributed by atoms with Crippen molar-refractivity contribution in [3.05, 3.63) is 35.4 Å². The molecule has 106 valence electrons. The molecule has 2 fully saturated rings. The molecule has 19 heavy (non-hydrogen) atoms. The Morgan fingerprint density at radius 3 is 2.47 bits per heavy atom. The lowest BCUT2D eigenvalue weighted by atomic mass is 9.90. The number of rotatable bonds is 4. The Labute approximate surface area is 122 Å². The highest BCUT2D eigenvalue weighted by molar-refractivity contribution is 5.85. The lowest BCUT2D eigenvalue weighted by Crippen LogP contribution is -2.31. The van der Waals surface area contributed by atoms with Crippen LogP contribution in [0, 0.1) is 5.41 Å². The number of hydrogen-bond donors (Lipinski definition) is 1. The van der Waals surface area contributed by atoms with Crippen LogP contribution < -0.4 is 5.73 Å². The number of hydrogen-bond acceptors (Lipinski definition) is 2. The third kappa shape index (κ3) is 3.50. The molecule has 3 heteroatoms. The topological polar surface area (TPSA) is 29.3 Å². The largest absolute Gasteiger partial charge is 0.330 e. The molecule has 1 saturated heterocycles. The Balaban J connectivity index is 0.00000133. The van der Waals surface area contributed by atoms with Crippen molar-refractivity contribution < 1.29 is 0 Å². The number of nitrogens with zero attached hydrogens (tertiary/aromatic N) is 1. The SMILES string of the molecule is CC1(CN)CCN(Cc2ccc(C3CC3)cc2)C1.Cl. The molecule has 2 N–H and O–H groups in total. The van der Waals surface area contributed by atoms with Crippen LogP contribution in [0.2, 0.25) is 0 Å². The second-order valence-corrected chi connectivity index (χ2v) is 6.49. The molecule has 0 radical (unpaired) electrons. The Kier molecular flexibility index (Phi) is 4.54. The van der Waals surface area contributed by atoms with E-state index >= 15 is 0 Å². The van der Waals surface area contributed by atoms with Crippen LogP contribution in [-0.4, -0.2) is 24.5 Å². The van der Waals surface area contributed by atoms with Crippen LogP contribution in [0.1, 0.15) is 43.2 Å². The fourth-order valence-corrected chi connectivity index (χ4v) is 3.00. The van der Waals surface area contributed by atoms with Crippen LogP contribution in [0.5, 0.6) is 0 Å². The van der Waals surface area contributed by atoms with E-state index in [9.17, 15) is 0 Å². The van der Waals surface area contributed by atoms with E-state index in [1.54, 1.807) is 0 Å². The van der Waals surface area contributed by atoms with Crippen molar-refractivity contribution in [3.8, 4) is 0 Å². The molecular weight excluding hydrogens is 256 g/mol. The fraction of sp³-hybridized carbons (Fsp3) is 0.625. The van der Waals surface area contributed by atoms with Gasteiger partial charge in [0.1, 0.15) is 0 Å². The van der Waals surface area contributed by atoms with Gasteiger partial charge in [0, 0.05) is 13.1 Å². The molecule has 2 aliphatic rings. The molecule has 1 aromatic rings. The molecule has 1 atom stereocenters. The van der Waals surface area contributed by atoms with Crippen molar-refractivity contribution in [2.24, 2.45) is 11.1 Å². The van der Waals surface area contributed by atoms with Gasteiger partial charge in [-0.05, 0) is 54.8 Å². The third-order valence-electron chi connectivity index (χ3n) is 4.56. The predicted octanol–water partition coefficient (Wildman–Crippen LogP) is 3.16. The van der Waals surface area contributed by atoms with Gasteiger partial charge in [-0.3, -0.25) is 4.90 Å². The molecule has 1 saturated carbocycles. The standard InChI is InChI=1S/C16H24N2.ClH/c1-16(11-17)8-9-18(12-16)10-13-2-4-14(5-3-13)15-6-7-15;/h2-5,15H,6-12,17H2,1H3;1H. The van der Waals surface area contributed by atoms with Crippen molar-refractivity contribution in [3.63, 3.8) is 0 Å². The molecular formula is C16H25ClN2. The molecule has 0 amide bonds. The van der Waals surface area contributed by atoms with E-state index in [0.717, 1.165) is 25.6 Å². The Bertz CT molecular complexity index is 413. The lowest BCUT2D eigenvalue weighted by Gasteiger charge is -2.22. The van der Waals surface area contributed by atoms with Crippen LogP contribution in [0.15, 0.2) is 24.3 Å². The summed E-state index contributed by atoms with van der Waals surface area (Å²) in [6.07, 6.45) is 4.02. The normalized spacial score (nSPS) is 27.3. The van der Waals surface area contributed by atoms with Crippen molar-refractivity contribution in [2.45, 2.75) is 38.6 Å². The summed E-state index contributed by atoms with van der Waals surface area (Å²) in [5.41, 5.74) is 9.18. The number of likely N-dealkylation sites (tertiary alicyclic amines) is 1. The van der Waals surface area contributed by atoms with E-state index in [1.165, 1.54) is 36.9 Å². The summed E-state index contributed by atoms with van der Waals surface area (Å²) in [5, 5.41) is 0. The van der Waals surface area contributed by atoms with Crippen molar-refractivity contribution in [1.29, 1.82) is 0 Å². The molecule has 0 bridgehead atoms. The molecule has 1 unspecified atom stereocenters. The van der Waals surface area contributed by atoms with Gasteiger partial charge in [-0.2, -0.15) is 0 Å². The first-order chi connectivity index (χ1) is 8.68. The predicted molar refractivity (Wildman–Crippen MR) is 82.7 cm³/mol. The summed E-state index contributed by atoms with van der Waals surface area (Å²) in [6.45, 7) is 6.54. The first-order valence-corrected chi connectivity index (χ1v) is 7.20. The molecule has 1 heterocycles. The maximum atomic E-state index is 5.86. The van der Waals surface area contributed by atoms with Crippen molar-refractivity contribution in [1.82, 2.24) is 4.90 Å². The van der Waals surface area contributed by atoms with Crippen LogP contribution in [0.25, 0.3) is 0 Å². The van der Waals surface area contributed by atoms with Gasteiger partial charge in [0.2, 0.25) is 0 Å². The fourth-order valence-electron chi connectivity index (χ4n) is 3.00. The van der Waals surface area contributed by atoms with E-state index in [1.807, 2.05) is 0 Å². The monoisotopic (exact) mass is 280 g/mol. The van der Waals surface area contributed by atoms with Gasteiger partial charge in [-0.1, -0.05) is 31.2 Å². The van der Waals surface area contributed by atoms with Crippen LogP contribution in [-0.2, 0) is 6.54 Å². The molecule has 1 aromatic carbocycles. The Hall–Kier alpha value is -0.570. The zero-order valence-corrected chi connectivity index (χ0v) is 12.6. The van der Waals surface area contributed by atoms with E-state index < -0.39 is 0 Å². The number of halogens is 1. The first kappa shape index (κ1) is 14.8. The third-order valence-corrected chi connectivity index (χ3v) is 4.56. The highest BCUT2D eigenvalue weighted by Gasteiger charge is 2.32. The highest BCUT2D eigenvalue weighted by atomic mass is 35.5. The zero-order chi connectivity index (χ0) is 12.6. The summed E-state index contributed by atoms with van der Waals surface area (Å²) < 4.78 is 0. The van der Waals surface area contributed by atoms with Gasteiger partial charge in [0.25, 0.3) is 0 Å². The van der Waals surface area contributed by atoms with E-state index in [2.05, 4.69) is 36.1 Å². The molecule has 1 aliphatic heterocycles. The van der Waals surface area contributed by atoms with Gasteiger partial charge < -0.3 is 5.73 Å². The van der Waals surface area contributed by atoms with Crippen molar-refractivity contribution >= 4 is 12.4 Å². The van der Waals surface area contributed by atoms with Gasteiger partial charge >= 0.3 is 0 Å². The molecule has 0 spiro atoms. The first-order valence-electron chi connectivity index (χ1n) is 7.20. The van der Waals surface area contributed by atoms with Gasteiger partial charge in [-0.15, -0.1) is 12.4 Å². The molecule has 3 rings (SSSR count). The minimum absolute atomic E-state index is 0. The summed E-state index contributed by atoms with van der Waals surface area (Å²) in [5.74, 6) is 0.867. The summed E-state index contributed by atoms with van der Waals surface area (Å²) in [7, 11) is 0. The summed E-state index contributed by atoms with van der Waals surface area (Å²) >= 11 is 0. The molecule has 2 nitrogen and oxygen atoms in total. The Morgan fingerprint density at radius 2 is 1.95 bits per heavy atom.